The van der Waals surface area contributed by atoms with E-state index in [0.717, 1.165) is 16.5 Å². The van der Waals surface area contributed by atoms with Crippen molar-refractivity contribution in [2.24, 2.45) is 0 Å². The van der Waals surface area contributed by atoms with Gasteiger partial charge in [0.05, 0.1) is 6.04 Å². The lowest BCUT2D eigenvalue weighted by atomic mass is 10.0. The van der Waals surface area contributed by atoms with Crippen molar-refractivity contribution >= 4 is 28.3 Å². The van der Waals surface area contributed by atoms with Crippen molar-refractivity contribution in [3.05, 3.63) is 35.0 Å². The number of aromatic amines is 1. The minimum atomic E-state index is -0.135. The number of aromatic nitrogens is 1. The molecule has 2 rings (SSSR count). The van der Waals surface area contributed by atoms with E-state index in [9.17, 15) is 4.79 Å². The third-order valence-electron chi connectivity index (χ3n) is 2.99. The van der Waals surface area contributed by atoms with Crippen molar-refractivity contribution in [3.8, 4) is 0 Å². The number of likely N-dealkylation sites (N-methyl/N-ethyl adjacent to an activating group) is 1. The largest absolute Gasteiger partial charge is 0.361 e. The molecule has 1 aromatic heterocycles. The molecule has 0 amide bonds. The Kier molecular flexibility index (Phi) is 3.50. The molecule has 0 radical (unpaired) electrons. The van der Waals surface area contributed by atoms with Crippen LogP contribution in [-0.2, 0) is 11.2 Å². The van der Waals surface area contributed by atoms with E-state index < -0.39 is 0 Å². The number of hydrogen-bond acceptors (Lipinski definition) is 2. The summed E-state index contributed by atoms with van der Waals surface area (Å²) in [6.07, 6.45) is 2.63. The number of fused-ring (bicyclic) bond motifs is 1. The quantitative estimate of drug-likeness (QED) is 0.876. The number of benzene rings is 1. The summed E-state index contributed by atoms with van der Waals surface area (Å²) in [5, 5.41) is 4.86. The Hall–Kier alpha value is -1.32. The summed E-state index contributed by atoms with van der Waals surface area (Å²) in [5.74, 6) is 0.149. The summed E-state index contributed by atoms with van der Waals surface area (Å²) < 4.78 is 0. The number of hydrogen-bond donors (Lipinski definition) is 2. The molecule has 0 spiro atoms. The van der Waals surface area contributed by atoms with Crippen LogP contribution in [-0.4, -0.2) is 23.9 Å². The molecule has 0 aliphatic carbocycles. The number of H-pyrrole nitrogens is 1. The van der Waals surface area contributed by atoms with Gasteiger partial charge in [0.1, 0.15) is 5.78 Å². The molecule has 4 heteroatoms. The molecule has 1 atom stereocenters. The van der Waals surface area contributed by atoms with Crippen LogP contribution in [0.4, 0.5) is 0 Å². The van der Waals surface area contributed by atoms with E-state index in [1.807, 2.05) is 24.4 Å². The zero-order valence-electron chi connectivity index (χ0n) is 9.88. The molecule has 1 aromatic carbocycles. The van der Waals surface area contributed by atoms with Crippen molar-refractivity contribution in [1.29, 1.82) is 0 Å². The summed E-state index contributed by atoms with van der Waals surface area (Å²) in [6, 6.07) is 5.60. The fourth-order valence-electron chi connectivity index (χ4n) is 2.00. The van der Waals surface area contributed by atoms with Gasteiger partial charge in [0.25, 0.3) is 0 Å². The lowest BCUT2D eigenvalue weighted by molar-refractivity contribution is -0.118. The summed E-state index contributed by atoms with van der Waals surface area (Å²) in [6.45, 7) is 1.60. The number of halogens is 1. The van der Waals surface area contributed by atoms with Gasteiger partial charge in [-0.25, -0.2) is 0 Å². The summed E-state index contributed by atoms with van der Waals surface area (Å²) in [4.78, 5) is 14.6. The van der Waals surface area contributed by atoms with E-state index in [4.69, 9.17) is 11.6 Å². The molecule has 0 saturated heterocycles. The number of rotatable bonds is 4. The van der Waals surface area contributed by atoms with Gasteiger partial charge in [0, 0.05) is 22.1 Å². The topological polar surface area (TPSA) is 44.9 Å². The molecule has 2 N–H and O–H groups in total. The number of ketones is 1. The Bertz CT molecular complexity index is 547. The molecule has 0 saturated carbocycles. The Labute approximate surface area is 105 Å². The highest BCUT2D eigenvalue weighted by molar-refractivity contribution is 6.31. The maximum atomic E-state index is 11.4. The smallest absolute Gasteiger partial charge is 0.147 e. The van der Waals surface area contributed by atoms with E-state index >= 15 is 0 Å². The zero-order valence-corrected chi connectivity index (χ0v) is 10.6. The van der Waals surface area contributed by atoms with E-state index in [1.165, 1.54) is 0 Å². The normalized spacial score (nSPS) is 12.9. The monoisotopic (exact) mass is 250 g/mol. The highest BCUT2D eigenvalue weighted by Crippen LogP contribution is 2.23. The first-order valence-electron chi connectivity index (χ1n) is 5.55. The molecular weight excluding hydrogens is 236 g/mol. The maximum absolute atomic E-state index is 11.4. The number of carbonyl (C=O) groups is 1. The summed E-state index contributed by atoms with van der Waals surface area (Å²) in [7, 11) is 1.80. The van der Waals surface area contributed by atoms with Crippen molar-refractivity contribution in [1.82, 2.24) is 10.3 Å². The highest BCUT2D eigenvalue weighted by Gasteiger charge is 2.14. The van der Waals surface area contributed by atoms with E-state index in [1.54, 1.807) is 14.0 Å². The summed E-state index contributed by atoms with van der Waals surface area (Å²) >= 11 is 5.92. The van der Waals surface area contributed by atoms with Crippen LogP contribution in [0.3, 0.4) is 0 Å². The van der Waals surface area contributed by atoms with Crippen molar-refractivity contribution in [3.63, 3.8) is 0 Å². The third-order valence-corrected chi connectivity index (χ3v) is 3.23. The second-order valence-electron chi connectivity index (χ2n) is 4.16. The predicted molar refractivity (Wildman–Crippen MR) is 70.5 cm³/mol. The van der Waals surface area contributed by atoms with Crippen LogP contribution < -0.4 is 5.32 Å². The first-order valence-corrected chi connectivity index (χ1v) is 5.93. The predicted octanol–water partition coefficient (Wildman–Crippen LogP) is 2.54. The van der Waals surface area contributed by atoms with E-state index in [2.05, 4.69) is 10.3 Å². The lowest BCUT2D eigenvalue weighted by Gasteiger charge is -2.11. The molecule has 17 heavy (non-hydrogen) atoms. The first-order chi connectivity index (χ1) is 8.11. The molecule has 2 aromatic rings. The van der Waals surface area contributed by atoms with Gasteiger partial charge in [0.15, 0.2) is 0 Å². The van der Waals surface area contributed by atoms with Gasteiger partial charge in [-0.3, -0.25) is 4.79 Å². The second-order valence-corrected chi connectivity index (χ2v) is 4.60. The van der Waals surface area contributed by atoms with Gasteiger partial charge in [-0.1, -0.05) is 17.7 Å². The number of carbonyl (C=O) groups excluding carboxylic acids is 1. The molecule has 0 fully saturated rings. The fraction of sp³-hybridized carbons (Fsp3) is 0.308. The van der Waals surface area contributed by atoms with Crippen LogP contribution >= 0.6 is 11.6 Å². The first kappa shape index (κ1) is 12.1. The van der Waals surface area contributed by atoms with Crippen LogP contribution in [0.25, 0.3) is 10.9 Å². The maximum Gasteiger partial charge on any atom is 0.147 e. The van der Waals surface area contributed by atoms with Crippen LogP contribution in [0.2, 0.25) is 5.02 Å². The van der Waals surface area contributed by atoms with Crippen LogP contribution in [0.5, 0.6) is 0 Å². The average Bonchev–Trinajstić information content (AvgIpc) is 2.67. The zero-order chi connectivity index (χ0) is 12.4. The minimum Gasteiger partial charge on any atom is -0.361 e. The molecule has 0 aliphatic rings. The molecule has 3 nitrogen and oxygen atoms in total. The van der Waals surface area contributed by atoms with E-state index in [0.29, 0.717) is 11.4 Å². The van der Waals surface area contributed by atoms with Gasteiger partial charge < -0.3 is 10.3 Å². The molecule has 0 bridgehead atoms. The second kappa shape index (κ2) is 4.90. The number of Topliss-reactive ketones (excluding diaryl/α,β-unsaturated/α-hetero) is 1. The third kappa shape index (κ3) is 2.51. The molecule has 1 unspecified atom stereocenters. The standard InChI is InChI=1S/C13H15ClN2O/c1-8(17)12(15-2)5-9-7-16-13-6-10(14)3-4-11(9)13/h3-4,6-7,12,15-16H,5H2,1-2H3. The SMILES string of the molecule is CNC(Cc1c[nH]c2cc(Cl)ccc12)C(C)=O. The molecule has 1 heterocycles. The van der Waals surface area contributed by atoms with Gasteiger partial charge in [-0.05, 0) is 38.1 Å². The van der Waals surface area contributed by atoms with Crippen molar-refractivity contribution < 1.29 is 4.79 Å². The fourth-order valence-corrected chi connectivity index (χ4v) is 2.17. The number of nitrogens with one attached hydrogen (secondary N) is 2. The van der Waals surface area contributed by atoms with Crippen molar-refractivity contribution in [2.45, 2.75) is 19.4 Å². The van der Waals surface area contributed by atoms with Crippen LogP contribution in [0, 0.1) is 0 Å². The van der Waals surface area contributed by atoms with Crippen LogP contribution in [0.1, 0.15) is 12.5 Å². The highest BCUT2D eigenvalue weighted by atomic mass is 35.5. The molecule has 0 aliphatic heterocycles. The van der Waals surface area contributed by atoms with Crippen molar-refractivity contribution in [2.75, 3.05) is 7.05 Å². The van der Waals surface area contributed by atoms with Gasteiger partial charge in [-0.2, -0.15) is 0 Å². The minimum absolute atomic E-state index is 0.135. The van der Waals surface area contributed by atoms with Crippen LogP contribution in [0.15, 0.2) is 24.4 Å². The van der Waals surface area contributed by atoms with E-state index in [-0.39, 0.29) is 11.8 Å². The Balaban J connectivity index is 2.33. The Morgan fingerprint density at radius 3 is 2.94 bits per heavy atom. The lowest BCUT2D eigenvalue weighted by Crippen LogP contribution is -2.34. The molecular formula is C13H15ClN2O. The Morgan fingerprint density at radius 2 is 2.29 bits per heavy atom. The summed E-state index contributed by atoms with van der Waals surface area (Å²) in [5.41, 5.74) is 2.14. The average molecular weight is 251 g/mol. The molecule has 90 valence electrons. The van der Waals surface area contributed by atoms with Gasteiger partial charge in [-0.15, -0.1) is 0 Å². The Morgan fingerprint density at radius 1 is 1.53 bits per heavy atom. The van der Waals surface area contributed by atoms with Gasteiger partial charge >= 0.3 is 0 Å². The van der Waals surface area contributed by atoms with Gasteiger partial charge in [0.2, 0.25) is 0 Å².